The molecule has 0 saturated carbocycles. The van der Waals surface area contributed by atoms with Gasteiger partial charge in [-0.2, -0.15) is 0 Å². The van der Waals surface area contributed by atoms with E-state index in [-0.39, 0.29) is 0 Å². The number of aldehydes is 1. The molecule has 0 aliphatic heterocycles. The van der Waals surface area contributed by atoms with Crippen LogP contribution in [0.4, 0.5) is 4.79 Å². The van der Waals surface area contributed by atoms with Gasteiger partial charge in [0.15, 0.2) is 6.29 Å². The van der Waals surface area contributed by atoms with Crippen LogP contribution in [0.25, 0.3) is 0 Å². The molecular weight excluding hydrogens is 260 g/mol. The van der Waals surface area contributed by atoms with Crippen LogP contribution in [0.3, 0.4) is 0 Å². The van der Waals surface area contributed by atoms with Crippen molar-refractivity contribution < 1.29 is 19.1 Å². The Morgan fingerprint density at radius 1 is 1.30 bits per heavy atom. The predicted octanol–water partition coefficient (Wildman–Crippen LogP) is 2.03. The summed E-state index contributed by atoms with van der Waals surface area (Å²) in [6.45, 7) is 6.79. The second kappa shape index (κ2) is 5.90. The van der Waals surface area contributed by atoms with E-state index in [1.807, 2.05) is 0 Å². The van der Waals surface area contributed by atoms with Crippen molar-refractivity contribution in [3.05, 3.63) is 24.0 Å². The first-order valence-corrected chi connectivity index (χ1v) is 6.18. The first-order chi connectivity index (χ1) is 9.20. The summed E-state index contributed by atoms with van der Waals surface area (Å²) in [5.74, 6) is 0.569. The summed E-state index contributed by atoms with van der Waals surface area (Å²) in [6.07, 6.45) is 1.42. The van der Waals surface area contributed by atoms with Crippen molar-refractivity contribution in [2.45, 2.75) is 38.8 Å². The zero-order valence-corrected chi connectivity index (χ0v) is 12.4. The van der Waals surface area contributed by atoms with Crippen LogP contribution >= 0.6 is 0 Å². The molecule has 6 nitrogen and oxygen atoms in total. The van der Waals surface area contributed by atoms with E-state index in [0.29, 0.717) is 17.7 Å². The van der Waals surface area contributed by atoms with E-state index in [1.165, 1.54) is 13.3 Å². The molecule has 1 aromatic heterocycles. The standard InChI is InChI=1S/C14H20N2O4/c1-13(2,3)20-12(18)16-14(4,9-17)11-7-6-10(19-5)8-15-11/h6-9H,1-5H3,(H,16,18). The summed E-state index contributed by atoms with van der Waals surface area (Å²) in [5, 5.41) is 2.52. The third kappa shape index (κ3) is 4.22. The van der Waals surface area contributed by atoms with Gasteiger partial charge in [-0.05, 0) is 39.8 Å². The minimum Gasteiger partial charge on any atom is -0.495 e. The summed E-state index contributed by atoms with van der Waals surface area (Å²) in [4.78, 5) is 27.2. The van der Waals surface area contributed by atoms with E-state index in [1.54, 1.807) is 39.8 Å². The number of pyridine rings is 1. The van der Waals surface area contributed by atoms with Gasteiger partial charge in [-0.15, -0.1) is 0 Å². The fraction of sp³-hybridized carbons (Fsp3) is 0.500. The van der Waals surface area contributed by atoms with Crippen molar-refractivity contribution in [1.29, 1.82) is 0 Å². The second-order valence-electron chi connectivity index (χ2n) is 5.53. The quantitative estimate of drug-likeness (QED) is 0.854. The number of carbonyl (C=O) groups excluding carboxylic acids is 2. The predicted molar refractivity (Wildman–Crippen MR) is 73.6 cm³/mol. The molecule has 1 unspecified atom stereocenters. The number of amides is 1. The van der Waals surface area contributed by atoms with Gasteiger partial charge < -0.3 is 19.6 Å². The van der Waals surface area contributed by atoms with E-state index in [9.17, 15) is 9.59 Å². The number of aromatic nitrogens is 1. The third-order valence-electron chi connectivity index (χ3n) is 2.50. The number of alkyl carbamates (subject to hydrolysis) is 1. The molecule has 110 valence electrons. The van der Waals surface area contributed by atoms with Crippen molar-refractivity contribution in [3.8, 4) is 5.75 Å². The number of ether oxygens (including phenoxy) is 2. The van der Waals surface area contributed by atoms with Crippen molar-refractivity contribution in [3.63, 3.8) is 0 Å². The number of nitrogens with zero attached hydrogens (tertiary/aromatic N) is 1. The van der Waals surface area contributed by atoms with Gasteiger partial charge in [0.1, 0.15) is 16.9 Å². The average Bonchev–Trinajstić information content (AvgIpc) is 2.36. The van der Waals surface area contributed by atoms with Crippen LogP contribution in [0.5, 0.6) is 5.75 Å². The zero-order valence-electron chi connectivity index (χ0n) is 12.4. The zero-order chi connectivity index (χ0) is 15.4. The highest BCUT2D eigenvalue weighted by Crippen LogP contribution is 2.19. The molecule has 1 heterocycles. The van der Waals surface area contributed by atoms with Gasteiger partial charge in [-0.25, -0.2) is 4.79 Å². The Kier molecular flexibility index (Phi) is 4.70. The Labute approximate surface area is 118 Å². The number of hydrogen-bond acceptors (Lipinski definition) is 5. The number of methoxy groups -OCH3 is 1. The molecular formula is C14H20N2O4. The van der Waals surface area contributed by atoms with E-state index in [2.05, 4.69) is 10.3 Å². The maximum Gasteiger partial charge on any atom is 0.408 e. The molecule has 0 aromatic carbocycles. The van der Waals surface area contributed by atoms with E-state index < -0.39 is 17.2 Å². The summed E-state index contributed by atoms with van der Waals surface area (Å²) in [5.41, 5.74) is -1.49. The Balaban J connectivity index is 2.90. The molecule has 0 aliphatic carbocycles. The van der Waals surface area contributed by atoms with Gasteiger partial charge in [0.2, 0.25) is 0 Å². The lowest BCUT2D eigenvalue weighted by Gasteiger charge is -2.27. The van der Waals surface area contributed by atoms with Crippen molar-refractivity contribution >= 4 is 12.4 Å². The Morgan fingerprint density at radius 3 is 2.35 bits per heavy atom. The van der Waals surface area contributed by atoms with Crippen LogP contribution < -0.4 is 10.1 Å². The van der Waals surface area contributed by atoms with E-state index >= 15 is 0 Å². The molecule has 0 saturated heterocycles. The molecule has 6 heteroatoms. The number of carbonyl (C=O) groups is 2. The third-order valence-corrected chi connectivity index (χ3v) is 2.50. The van der Waals surface area contributed by atoms with Gasteiger partial charge in [0, 0.05) is 0 Å². The molecule has 1 rings (SSSR count). The van der Waals surface area contributed by atoms with Gasteiger partial charge in [0.05, 0.1) is 19.0 Å². The van der Waals surface area contributed by atoms with Gasteiger partial charge in [0.25, 0.3) is 0 Å². The largest absolute Gasteiger partial charge is 0.495 e. The highest BCUT2D eigenvalue weighted by molar-refractivity contribution is 5.77. The number of rotatable bonds is 4. The van der Waals surface area contributed by atoms with Crippen LogP contribution in [0, 0.1) is 0 Å². The number of nitrogens with one attached hydrogen (secondary N) is 1. The van der Waals surface area contributed by atoms with E-state index in [4.69, 9.17) is 9.47 Å². The minimum absolute atomic E-state index is 0.402. The van der Waals surface area contributed by atoms with Crippen LogP contribution in [0.15, 0.2) is 18.3 Å². The lowest BCUT2D eigenvalue weighted by molar-refractivity contribution is -0.113. The smallest absolute Gasteiger partial charge is 0.408 e. The first kappa shape index (κ1) is 15.9. The average molecular weight is 280 g/mol. The lowest BCUT2D eigenvalue weighted by atomic mass is 9.99. The lowest BCUT2D eigenvalue weighted by Crippen LogP contribution is -2.47. The summed E-state index contributed by atoms with van der Waals surface area (Å²) < 4.78 is 10.1. The summed E-state index contributed by atoms with van der Waals surface area (Å²) >= 11 is 0. The normalized spacial score (nSPS) is 14.1. The Bertz CT molecular complexity index is 479. The van der Waals surface area contributed by atoms with Gasteiger partial charge in [-0.3, -0.25) is 4.98 Å². The van der Waals surface area contributed by atoms with E-state index in [0.717, 1.165) is 0 Å². The van der Waals surface area contributed by atoms with Crippen LogP contribution in [0.1, 0.15) is 33.4 Å². The molecule has 1 amide bonds. The Morgan fingerprint density at radius 2 is 1.95 bits per heavy atom. The van der Waals surface area contributed by atoms with Crippen LogP contribution in [0.2, 0.25) is 0 Å². The van der Waals surface area contributed by atoms with Crippen LogP contribution in [-0.2, 0) is 15.1 Å². The maximum absolute atomic E-state index is 11.8. The van der Waals surface area contributed by atoms with Crippen LogP contribution in [-0.4, -0.2) is 30.1 Å². The fourth-order valence-electron chi connectivity index (χ4n) is 1.48. The molecule has 0 bridgehead atoms. The topological polar surface area (TPSA) is 77.5 Å². The van der Waals surface area contributed by atoms with Crippen molar-refractivity contribution in [1.82, 2.24) is 10.3 Å². The molecule has 0 fully saturated rings. The highest BCUT2D eigenvalue weighted by atomic mass is 16.6. The van der Waals surface area contributed by atoms with Gasteiger partial charge in [-0.1, -0.05) is 0 Å². The van der Waals surface area contributed by atoms with Gasteiger partial charge >= 0.3 is 6.09 Å². The molecule has 1 aromatic rings. The fourth-order valence-corrected chi connectivity index (χ4v) is 1.48. The Hall–Kier alpha value is -2.11. The van der Waals surface area contributed by atoms with Crippen molar-refractivity contribution in [2.75, 3.05) is 7.11 Å². The monoisotopic (exact) mass is 280 g/mol. The summed E-state index contributed by atoms with van der Waals surface area (Å²) in [7, 11) is 1.52. The molecule has 1 atom stereocenters. The molecule has 0 spiro atoms. The summed E-state index contributed by atoms with van der Waals surface area (Å²) in [6, 6.07) is 3.28. The SMILES string of the molecule is COc1ccc(C(C)(C=O)NC(=O)OC(C)(C)C)nc1. The molecule has 0 aliphatic rings. The highest BCUT2D eigenvalue weighted by Gasteiger charge is 2.31. The minimum atomic E-state index is -1.26. The van der Waals surface area contributed by atoms with Crippen molar-refractivity contribution in [2.24, 2.45) is 0 Å². The maximum atomic E-state index is 11.8. The molecule has 20 heavy (non-hydrogen) atoms. The molecule has 0 radical (unpaired) electrons. The second-order valence-corrected chi connectivity index (χ2v) is 5.53. The molecule has 1 N–H and O–H groups in total. The number of hydrogen-bond donors (Lipinski definition) is 1. The first-order valence-electron chi connectivity index (χ1n) is 6.18.